The molecular weight excluding hydrogens is 210 g/mol. The SMILES string of the molecule is CC(C)Nc1cc(C(C)C)nc2ccncc12. The molecule has 0 fully saturated rings. The second kappa shape index (κ2) is 4.70. The van der Waals surface area contributed by atoms with Crippen molar-refractivity contribution in [2.75, 3.05) is 5.32 Å². The third-order valence-electron chi connectivity index (χ3n) is 2.67. The van der Waals surface area contributed by atoms with E-state index in [9.17, 15) is 0 Å². The summed E-state index contributed by atoms with van der Waals surface area (Å²) in [5.41, 5.74) is 3.25. The van der Waals surface area contributed by atoms with Crippen molar-refractivity contribution in [1.29, 1.82) is 0 Å². The van der Waals surface area contributed by atoms with Crippen molar-refractivity contribution in [3.8, 4) is 0 Å². The van der Waals surface area contributed by atoms with Gasteiger partial charge in [0.05, 0.1) is 5.52 Å². The van der Waals surface area contributed by atoms with Crippen molar-refractivity contribution in [1.82, 2.24) is 9.97 Å². The maximum atomic E-state index is 4.66. The van der Waals surface area contributed by atoms with Gasteiger partial charge in [0, 0.05) is 35.2 Å². The Labute approximate surface area is 102 Å². The highest BCUT2D eigenvalue weighted by Gasteiger charge is 2.09. The largest absolute Gasteiger partial charge is 0.382 e. The quantitative estimate of drug-likeness (QED) is 0.874. The molecule has 0 aliphatic heterocycles. The Morgan fingerprint density at radius 2 is 1.94 bits per heavy atom. The fourth-order valence-corrected chi connectivity index (χ4v) is 1.82. The molecule has 0 atom stereocenters. The summed E-state index contributed by atoms with van der Waals surface area (Å²) in [6, 6.07) is 4.50. The van der Waals surface area contributed by atoms with E-state index in [4.69, 9.17) is 0 Å². The van der Waals surface area contributed by atoms with E-state index in [2.05, 4.69) is 49.0 Å². The van der Waals surface area contributed by atoms with Crippen LogP contribution in [0.4, 0.5) is 5.69 Å². The van der Waals surface area contributed by atoms with E-state index >= 15 is 0 Å². The molecule has 0 spiro atoms. The molecule has 0 unspecified atom stereocenters. The smallest absolute Gasteiger partial charge is 0.0757 e. The number of fused-ring (bicyclic) bond motifs is 1. The molecule has 90 valence electrons. The van der Waals surface area contributed by atoms with Gasteiger partial charge in [-0.25, -0.2) is 0 Å². The van der Waals surface area contributed by atoms with E-state index in [1.807, 2.05) is 12.3 Å². The van der Waals surface area contributed by atoms with Gasteiger partial charge in [0.25, 0.3) is 0 Å². The van der Waals surface area contributed by atoms with Crippen molar-refractivity contribution >= 4 is 16.6 Å². The number of pyridine rings is 2. The molecule has 0 amide bonds. The minimum atomic E-state index is 0.404. The first kappa shape index (κ1) is 11.8. The summed E-state index contributed by atoms with van der Waals surface area (Å²) < 4.78 is 0. The summed E-state index contributed by atoms with van der Waals surface area (Å²) in [5, 5.41) is 4.55. The van der Waals surface area contributed by atoms with Crippen LogP contribution in [0.15, 0.2) is 24.5 Å². The Bertz CT molecular complexity index is 518. The van der Waals surface area contributed by atoms with E-state index in [0.717, 1.165) is 22.3 Å². The number of aromatic nitrogens is 2. The first-order chi connectivity index (χ1) is 8.08. The molecule has 2 aromatic heterocycles. The first-order valence-corrected chi connectivity index (χ1v) is 6.09. The van der Waals surface area contributed by atoms with Crippen molar-refractivity contribution in [2.24, 2.45) is 0 Å². The lowest BCUT2D eigenvalue weighted by atomic mass is 10.1. The molecule has 3 nitrogen and oxygen atoms in total. The van der Waals surface area contributed by atoms with Gasteiger partial charge in [-0.2, -0.15) is 0 Å². The molecule has 0 aliphatic rings. The maximum Gasteiger partial charge on any atom is 0.0757 e. The van der Waals surface area contributed by atoms with Crippen molar-refractivity contribution in [2.45, 2.75) is 39.7 Å². The molecule has 3 heteroatoms. The van der Waals surface area contributed by atoms with Gasteiger partial charge in [-0.1, -0.05) is 13.8 Å². The number of anilines is 1. The zero-order chi connectivity index (χ0) is 12.4. The van der Waals surface area contributed by atoms with Crippen LogP contribution >= 0.6 is 0 Å². The maximum absolute atomic E-state index is 4.66. The average molecular weight is 229 g/mol. The van der Waals surface area contributed by atoms with Gasteiger partial charge in [-0.15, -0.1) is 0 Å². The van der Waals surface area contributed by atoms with Gasteiger partial charge in [0.2, 0.25) is 0 Å². The molecule has 17 heavy (non-hydrogen) atoms. The molecular formula is C14H19N3. The van der Waals surface area contributed by atoms with Crippen LogP contribution < -0.4 is 5.32 Å². The predicted molar refractivity (Wildman–Crippen MR) is 72.4 cm³/mol. The number of rotatable bonds is 3. The lowest BCUT2D eigenvalue weighted by molar-refractivity contribution is 0.827. The fraction of sp³-hybridized carbons (Fsp3) is 0.429. The molecule has 0 saturated carbocycles. The van der Waals surface area contributed by atoms with Crippen LogP contribution in [-0.4, -0.2) is 16.0 Å². The van der Waals surface area contributed by atoms with E-state index in [0.29, 0.717) is 12.0 Å². The Kier molecular flexibility index (Phi) is 3.27. The highest BCUT2D eigenvalue weighted by Crippen LogP contribution is 2.26. The molecule has 2 rings (SSSR count). The lowest BCUT2D eigenvalue weighted by Gasteiger charge is -2.15. The van der Waals surface area contributed by atoms with Crippen molar-refractivity contribution in [3.05, 3.63) is 30.2 Å². The van der Waals surface area contributed by atoms with Crippen LogP contribution in [0.2, 0.25) is 0 Å². The first-order valence-electron chi connectivity index (χ1n) is 6.09. The molecule has 0 radical (unpaired) electrons. The van der Waals surface area contributed by atoms with Gasteiger partial charge in [0.1, 0.15) is 0 Å². The van der Waals surface area contributed by atoms with Crippen molar-refractivity contribution < 1.29 is 0 Å². The van der Waals surface area contributed by atoms with Crippen LogP contribution in [0, 0.1) is 0 Å². The molecule has 2 heterocycles. The van der Waals surface area contributed by atoms with Gasteiger partial charge in [-0.05, 0) is 31.9 Å². The Morgan fingerprint density at radius 1 is 1.18 bits per heavy atom. The molecule has 0 bridgehead atoms. The normalized spacial score (nSPS) is 11.4. The number of hydrogen-bond donors (Lipinski definition) is 1. The van der Waals surface area contributed by atoms with Gasteiger partial charge in [0.15, 0.2) is 0 Å². The van der Waals surface area contributed by atoms with E-state index in [-0.39, 0.29) is 0 Å². The Hall–Kier alpha value is -1.64. The van der Waals surface area contributed by atoms with Crippen LogP contribution in [0.25, 0.3) is 10.9 Å². The Balaban J connectivity index is 2.60. The topological polar surface area (TPSA) is 37.8 Å². The summed E-state index contributed by atoms with van der Waals surface area (Å²) >= 11 is 0. The third kappa shape index (κ3) is 2.54. The van der Waals surface area contributed by atoms with Crippen LogP contribution in [0.5, 0.6) is 0 Å². The van der Waals surface area contributed by atoms with Crippen molar-refractivity contribution in [3.63, 3.8) is 0 Å². The predicted octanol–water partition coefficient (Wildman–Crippen LogP) is 3.57. The van der Waals surface area contributed by atoms with Crippen LogP contribution in [0.1, 0.15) is 39.3 Å². The number of nitrogens with zero attached hydrogens (tertiary/aromatic N) is 2. The average Bonchev–Trinajstić information content (AvgIpc) is 2.28. The number of nitrogens with one attached hydrogen (secondary N) is 1. The second-order valence-corrected chi connectivity index (χ2v) is 4.94. The molecule has 0 saturated heterocycles. The van der Waals surface area contributed by atoms with Gasteiger partial charge >= 0.3 is 0 Å². The van der Waals surface area contributed by atoms with Crippen LogP contribution in [0.3, 0.4) is 0 Å². The minimum absolute atomic E-state index is 0.404. The van der Waals surface area contributed by atoms with Gasteiger partial charge in [-0.3, -0.25) is 9.97 Å². The zero-order valence-corrected chi connectivity index (χ0v) is 10.9. The zero-order valence-electron chi connectivity index (χ0n) is 10.9. The molecule has 0 aliphatic carbocycles. The summed E-state index contributed by atoms with van der Waals surface area (Å²) in [5.74, 6) is 0.431. The fourth-order valence-electron chi connectivity index (χ4n) is 1.82. The number of hydrogen-bond acceptors (Lipinski definition) is 3. The van der Waals surface area contributed by atoms with E-state index < -0.39 is 0 Å². The van der Waals surface area contributed by atoms with E-state index in [1.54, 1.807) is 6.20 Å². The lowest BCUT2D eigenvalue weighted by Crippen LogP contribution is -2.11. The molecule has 2 aromatic rings. The monoisotopic (exact) mass is 229 g/mol. The second-order valence-electron chi connectivity index (χ2n) is 4.94. The summed E-state index contributed by atoms with van der Waals surface area (Å²) in [6.07, 6.45) is 3.66. The minimum Gasteiger partial charge on any atom is -0.382 e. The molecule has 0 aromatic carbocycles. The molecule has 1 N–H and O–H groups in total. The highest BCUT2D eigenvalue weighted by atomic mass is 14.9. The third-order valence-corrected chi connectivity index (χ3v) is 2.67. The summed E-state index contributed by atoms with van der Waals surface area (Å²) in [6.45, 7) is 8.60. The summed E-state index contributed by atoms with van der Waals surface area (Å²) in [7, 11) is 0. The summed E-state index contributed by atoms with van der Waals surface area (Å²) in [4.78, 5) is 8.84. The standard InChI is InChI=1S/C14H19N3/c1-9(2)13-7-14(16-10(3)4)11-8-15-6-5-12(11)17-13/h5-10H,1-4H3,(H,16,17). The van der Waals surface area contributed by atoms with E-state index in [1.165, 1.54) is 0 Å². The Morgan fingerprint density at radius 3 is 2.59 bits per heavy atom. The van der Waals surface area contributed by atoms with Gasteiger partial charge < -0.3 is 5.32 Å². The van der Waals surface area contributed by atoms with Crippen LogP contribution in [-0.2, 0) is 0 Å². The highest BCUT2D eigenvalue weighted by molar-refractivity contribution is 5.90.